The first-order chi connectivity index (χ1) is 10.1. The number of carbonyl (C=O) groups is 1. The molecule has 1 saturated heterocycles. The molecule has 114 valence electrons. The largest absolute Gasteiger partial charge is 0.325 e. The standard InChI is InChI=1S/C17H23ClN2O/c1-3-11(4-2)15-17(8-5-9-19-15)13-7-6-12(18)10-14(13)20-16(17)21/h6-7,10-11,15,19H,3-5,8-9H2,1-2H3,(H,20,21)/t15?,17-/m1/s1. The van der Waals surface area contributed by atoms with E-state index in [9.17, 15) is 4.79 Å². The molecule has 1 aromatic rings. The highest BCUT2D eigenvalue weighted by molar-refractivity contribution is 6.31. The van der Waals surface area contributed by atoms with Crippen molar-refractivity contribution in [1.29, 1.82) is 0 Å². The van der Waals surface area contributed by atoms with Crippen LogP contribution in [0.1, 0.15) is 45.1 Å². The summed E-state index contributed by atoms with van der Waals surface area (Å²) >= 11 is 6.09. The van der Waals surface area contributed by atoms with E-state index < -0.39 is 5.41 Å². The second-order valence-corrected chi connectivity index (χ2v) is 6.66. The average Bonchev–Trinajstić information content (AvgIpc) is 2.74. The van der Waals surface area contributed by atoms with Crippen LogP contribution in [0.3, 0.4) is 0 Å². The topological polar surface area (TPSA) is 41.1 Å². The van der Waals surface area contributed by atoms with Crippen molar-refractivity contribution in [2.24, 2.45) is 5.92 Å². The molecule has 2 N–H and O–H groups in total. The molecule has 0 aliphatic carbocycles. The Hall–Kier alpha value is -1.06. The fourth-order valence-corrected chi connectivity index (χ4v) is 4.38. The number of fused-ring (bicyclic) bond motifs is 2. The molecule has 0 bridgehead atoms. The van der Waals surface area contributed by atoms with E-state index in [0.717, 1.165) is 43.5 Å². The van der Waals surface area contributed by atoms with Gasteiger partial charge in [0.25, 0.3) is 0 Å². The molecular weight excluding hydrogens is 284 g/mol. The lowest BCUT2D eigenvalue weighted by molar-refractivity contribution is -0.123. The van der Waals surface area contributed by atoms with Gasteiger partial charge in [-0.1, -0.05) is 44.4 Å². The lowest BCUT2D eigenvalue weighted by Crippen LogP contribution is -2.59. The predicted octanol–water partition coefficient (Wildman–Crippen LogP) is 3.72. The molecule has 1 fully saturated rings. The van der Waals surface area contributed by atoms with Crippen LogP contribution in [-0.4, -0.2) is 18.5 Å². The number of rotatable bonds is 3. The first kappa shape index (κ1) is 14.9. The van der Waals surface area contributed by atoms with E-state index >= 15 is 0 Å². The summed E-state index contributed by atoms with van der Waals surface area (Å²) in [6.07, 6.45) is 4.13. The van der Waals surface area contributed by atoms with Crippen LogP contribution in [0, 0.1) is 5.92 Å². The normalized spacial score (nSPS) is 28.0. The molecule has 1 unspecified atom stereocenters. The molecule has 0 aromatic heterocycles. The molecule has 1 spiro atoms. The Morgan fingerprint density at radius 1 is 1.38 bits per heavy atom. The van der Waals surface area contributed by atoms with Gasteiger partial charge >= 0.3 is 0 Å². The summed E-state index contributed by atoms with van der Waals surface area (Å²) in [6.45, 7) is 5.43. The van der Waals surface area contributed by atoms with Gasteiger partial charge in [-0.05, 0) is 43.0 Å². The van der Waals surface area contributed by atoms with E-state index in [1.807, 2.05) is 18.2 Å². The van der Waals surface area contributed by atoms with Gasteiger partial charge in [-0.15, -0.1) is 0 Å². The van der Waals surface area contributed by atoms with Crippen LogP contribution in [0.2, 0.25) is 5.02 Å². The molecule has 0 saturated carbocycles. The molecule has 0 radical (unpaired) electrons. The van der Waals surface area contributed by atoms with E-state index in [0.29, 0.717) is 10.9 Å². The summed E-state index contributed by atoms with van der Waals surface area (Å²) < 4.78 is 0. The van der Waals surface area contributed by atoms with E-state index in [1.54, 1.807) is 0 Å². The van der Waals surface area contributed by atoms with Crippen molar-refractivity contribution in [1.82, 2.24) is 5.32 Å². The van der Waals surface area contributed by atoms with Crippen molar-refractivity contribution in [2.75, 3.05) is 11.9 Å². The van der Waals surface area contributed by atoms with Crippen molar-refractivity contribution >= 4 is 23.2 Å². The highest BCUT2D eigenvalue weighted by Gasteiger charge is 2.54. The maximum absolute atomic E-state index is 12.9. The van der Waals surface area contributed by atoms with Gasteiger partial charge < -0.3 is 10.6 Å². The Morgan fingerprint density at radius 2 is 2.14 bits per heavy atom. The van der Waals surface area contributed by atoms with Crippen LogP contribution in [0.4, 0.5) is 5.69 Å². The minimum atomic E-state index is -0.422. The van der Waals surface area contributed by atoms with Gasteiger partial charge in [-0.3, -0.25) is 4.79 Å². The molecule has 1 aromatic carbocycles. The fraction of sp³-hybridized carbons (Fsp3) is 0.588. The zero-order valence-electron chi connectivity index (χ0n) is 12.7. The lowest BCUT2D eigenvalue weighted by Gasteiger charge is -2.44. The second kappa shape index (κ2) is 5.62. The quantitative estimate of drug-likeness (QED) is 0.893. The SMILES string of the molecule is CCC(CC)C1NCCC[C@]12C(=O)Nc1cc(Cl)ccc12. The van der Waals surface area contributed by atoms with Crippen LogP contribution in [-0.2, 0) is 10.2 Å². The molecule has 2 aliphatic rings. The number of carbonyl (C=O) groups excluding carboxylic acids is 1. The summed E-state index contributed by atoms with van der Waals surface area (Å²) in [7, 11) is 0. The first-order valence-electron chi connectivity index (χ1n) is 7.98. The zero-order valence-corrected chi connectivity index (χ0v) is 13.5. The molecule has 2 aliphatic heterocycles. The number of halogens is 1. The van der Waals surface area contributed by atoms with E-state index in [-0.39, 0.29) is 11.9 Å². The summed E-state index contributed by atoms with van der Waals surface area (Å²) in [5.41, 5.74) is 1.60. The Morgan fingerprint density at radius 3 is 2.86 bits per heavy atom. The fourth-order valence-electron chi connectivity index (χ4n) is 4.21. The number of anilines is 1. The Labute approximate surface area is 131 Å². The van der Waals surface area contributed by atoms with Crippen LogP contribution in [0.25, 0.3) is 0 Å². The molecule has 1 amide bonds. The first-order valence-corrected chi connectivity index (χ1v) is 8.36. The lowest BCUT2D eigenvalue weighted by atomic mass is 9.65. The highest BCUT2D eigenvalue weighted by Crippen LogP contribution is 2.48. The predicted molar refractivity (Wildman–Crippen MR) is 86.9 cm³/mol. The highest BCUT2D eigenvalue weighted by atomic mass is 35.5. The van der Waals surface area contributed by atoms with E-state index in [4.69, 9.17) is 11.6 Å². The van der Waals surface area contributed by atoms with Crippen molar-refractivity contribution in [3.05, 3.63) is 28.8 Å². The summed E-state index contributed by atoms with van der Waals surface area (Å²) in [5, 5.41) is 7.39. The summed E-state index contributed by atoms with van der Waals surface area (Å²) in [5.74, 6) is 0.654. The van der Waals surface area contributed by atoms with Gasteiger partial charge in [-0.25, -0.2) is 0 Å². The van der Waals surface area contributed by atoms with Crippen LogP contribution in [0.5, 0.6) is 0 Å². The molecule has 2 atom stereocenters. The van der Waals surface area contributed by atoms with E-state index in [2.05, 4.69) is 24.5 Å². The number of nitrogens with one attached hydrogen (secondary N) is 2. The van der Waals surface area contributed by atoms with Gasteiger partial charge in [0.05, 0.1) is 5.41 Å². The molecular formula is C17H23ClN2O. The van der Waals surface area contributed by atoms with Gasteiger partial charge in [-0.2, -0.15) is 0 Å². The maximum atomic E-state index is 12.9. The smallest absolute Gasteiger partial charge is 0.236 e. The minimum absolute atomic E-state index is 0.142. The van der Waals surface area contributed by atoms with Crippen molar-refractivity contribution in [2.45, 2.75) is 51.0 Å². The number of hydrogen-bond donors (Lipinski definition) is 2. The number of amides is 1. The van der Waals surface area contributed by atoms with Gasteiger partial charge in [0.2, 0.25) is 5.91 Å². The summed E-state index contributed by atoms with van der Waals surface area (Å²) in [6, 6.07) is 6.03. The Bertz CT molecular complexity index is 556. The third kappa shape index (κ3) is 2.18. The van der Waals surface area contributed by atoms with Crippen LogP contribution in [0.15, 0.2) is 18.2 Å². The van der Waals surface area contributed by atoms with Crippen molar-refractivity contribution in [3.8, 4) is 0 Å². The van der Waals surface area contributed by atoms with Crippen molar-refractivity contribution in [3.63, 3.8) is 0 Å². The monoisotopic (exact) mass is 306 g/mol. The molecule has 3 nitrogen and oxygen atoms in total. The summed E-state index contributed by atoms with van der Waals surface area (Å²) in [4.78, 5) is 12.9. The second-order valence-electron chi connectivity index (χ2n) is 6.23. The van der Waals surface area contributed by atoms with Gasteiger partial charge in [0.1, 0.15) is 0 Å². The maximum Gasteiger partial charge on any atom is 0.236 e. The third-order valence-corrected chi connectivity index (χ3v) is 5.51. The molecule has 4 heteroatoms. The molecule has 21 heavy (non-hydrogen) atoms. The molecule has 3 rings (SSSR count). The van der Waals surface area contributed by atoms with Crippen LogP contribution >= 0.6 is 11.6 Å². The number of benzene rings is 1. The van der Waals surface area contributed by atoms with Crippen molar-refractivity contribution < 1.29 is 4.79 Å². The molecule has 2 heterocycles. The van der Waals surface area contributed by atoms with Crippen LogP contribution < -0.4 is 10.6 Å². The van der Waals surface area contributed by atoms with Gasteiger partial charge in [0, 0.05) is 16.8 Å². The Kier molecular flexibility index (Phi) is 3.98. The van der Waals surface area contributed by atoms with E-state index in [1.165, 1.54) is 0 Å². The third-order valence-electron chi connectivity index (χ3n) is 5.28. The van der Waals surface area contributed by atoms with Gasteiger partial charge in [0.15, 0.2) is 0 Å². The number of piperidine rings is 1. The average molecular weight is 307 g/mol. The minimum Gasteiger partial charge on any atom is -0.325 e. The Balaban J connectivity index is 2.10. The number of hydrogen-bond acceptors (Lipinski definition) is 2. The zero-order chi connectivity index (χ0) is 15.0.